The maximum atomic E-state index is 11.2. The first-order valence-electron chi connectivity index (χ1n) is 9.44. The molecule has 0 aromatic carbocycles. The molecule has 0 aromatic rings. The highest BCUT2D eigenvalue weighted by Crippen LogP contribution is 2.16. The molecule has 0 amide bonds. The lowest BCUT2D eigenvalue weighted by molar-refractivity contribution is -0.143. The summed E-state index contributed by atoms with van der Waals surface area (Å²) >= 11 is 0. The van der Waals surface area contributed by atoms with Crippen molar-refractivity contribution >= 4 is 5.97 Å². The summed E-state index contributed by atoms with van der Waals surface area (Å²) in [5, 5.41) is 3.90. The second-order valence-electron chi connectivity index (χ2n) is 6.17. The van der Waals surface area contributed by atoms with Gasteiger partial charge >= 0.3 is 5.97 Å². The van der Waals surface area contributed by atoms with E-state index >= 15 is 0 Å². The average molecular weight is 325 g/mol. The fourth-order valence-corrected chi connectivity index (χ4v) is 2.73. The molecule has 1 atom stereocenters. The smallest absolute Gasteiger partial charge is 0.305 e. The molecule has 23 heavy (non-hydrogen) atoms. The first kappa shape index (κ1) is 21.8. The molecule has 134 valence electrons. The van der Waals surface area contributed by atoms with Gasteiger partial charge in [0.1, 0.15) is 0 Å². The highest BCUT2D eigenvalue weighted by molar-refractivity contribution is 5.69. The number of unbranched alkanes of at least 4 members (excludes halogenated alkanes) is 8. The number of hydrogen-bond acceptors (Lipinski definition) is 3. The van der Waals surface area contributed by atoms with E-state index in [9.17, 15) is 4.79 Å². The van der Waals surface area contributed by atoms with Gasteiger partial charge in [-0.25, -0.2) is 0 Å². The Balaban J connectivity index is 3.62. The van der Waals surface area contributed by atoms with Crippen molar-refractivity contribution in [2.75, 3.05) is 6.61 Å². The summed E-state index contributed by atoms with van der Waals surface area (Å²) in [6, 6.07) is 0.0855. The van der Waals surface area contributed by atoms with Crippen LogP contribution in [0.15, 0.2) is 5.11 Å². The van der Waals surface area contributed by atoms with Crippen LogP contribution in [-0.2, 0) is 9.53 Å². The maximum absolute atomic E-state index is 11.2. The minimum Gasteiger partial charge on any atom is -0.466 e. The van der Waals surface area contributed by atoms with Gasteiger partial charge in [0.05, 0.1) is 6.61 Å². The zero-order valence-corrected chi connectivity index (χ0v) is 15.1. The molecule has 0 saturated carbocycles. The number of esters is 1. The van der Waals surface area contributed by atoms with E-state index in [0.717, 1.165) is 32.1 Å². The summed E-state index contributed by atoms with van der Waals surface area (Å²) in [7, 11) is 0. The van der Waals surface area contributed by atoms with Gasteiger partial charge in [-0.3, -0.25) is 4.79 Å². The zero-order valence-electron chi connectivity index (χ0n) is 15.1. The van der Waals surface area contributed by atoms with Crippen molar-refractivity contribution in [2.45, 2.75) is 103 Å². The van der Waals surface area contributed by atoms with Crippen molar-refractivity contribution in [3.63, 3.8) is 0 Å². The SMILES string of the molecule is CCCCCCCCCCC(CCCCC(=O)OCC)N=[N+]=[N-]. The van der Waals surface area contributed by atoms with E-state index in [-0.39, 0.29) is 12.0 Å². The quantitative estimate of drug-likeness (QED) is 0.109. The van der Waals surface area contributed by atoms with Crippen molar-refractivity contribution in [3.05, 3.63) is 10.4 Å². The third-order valence-corrected chi connectivity index (χ3v) is 4.08. The third-order valence-electron chi connectivity index (χ3n) is 4.08. The van der Waals surface area contributed by atoms with Gasteiger partial charge in [-0.2, -0.15) is 0 Å². The molecule has 0 aliphatic rings. The first-order chi connectivity index (χ1) is 11.2. The second kappa shape index (κ2) is 17.1. The fourth-order valence-electron chi connectivity index (χ4n) is 2.73. The number of hydrogen-bond donors (Lipinski definition) is 0. The number of nitrogens with zero attached hydrogens (tertiary/aromatic N) is 3. The van der Waals surface area contributed by atoms with Crippen LogP contribution in [0.3, 0.4) is 0 Å². The van der Waals surface area contributed by atoms with Gasteiger partial charge in [-0.05, 0) is 31.7 Å². The van der Waals surface area contributed by atoms with Gasteiger partial charge in [0, 0.05) is 17.4 Å². The Hall–Kier alpha value is -1.22. The van der Waals surface area contributed by atoms with Crippen LogP contribution in [0.25, 0.3) is 10.4 Å². The normalized spacial score (nSPS) is 11.7. The molecular formula is C18H35N3O2. The molecular weight excluding hydrogens is 290 g/mol. The van der Waals surface area contributed by atoms with E-state index in [0.29, 0.717) is 13.0 Å². The van der Waals surface area contributed by atoms with Crippen LogP contribution in [0, 0.1) is 0 Å². The molecule has 0 aliphatic heterocycles. The minimum atomic E-state index is -0.129. The first-order valence-corrected chi connectivity index (χ1v) is 9.44. The lowest BCUT2D eigenvalue weighted by Gasteiger charge is -2.10. The van der Waals surface area contributed by atoms with Crippen molar-refractivity contribution in [1.29, 1.82) is 0 Å². The minimum absolute atomic E-state index is 0.0855. The van der Waals surface area contributed by atoms with Gasteiger partial charge in [-0.1, -0.05) is 69.8 Å². The number of azide groups is 1. The molecule has 0 radical (unpaired) electrons. The molecule has 0 N–H and O–H groups in total. The van der Waals surface area contributed by atoms with Gasteiger partial charge in [0.15, 0.2) is 0 Å². The van der Waals surface area contributed by atoms with E-state index in [1.54, 1.807) is 0 Å². The van der Waals surface area contributed by atoms with Crippen LogP contribution in [0.2, 0.25) is 0 Å². The Morgan fingerprint density at radius 2 is 1.52 bits per heavy atom. The maximum Gasteiger partial charge on any atom is 0.305 e. The Kier molecular flexibility index (Phi) is 16.2. The Labute approximate surface area is 141 Å². The predicted molar refractivity (Wildman–Crippen MR) is 95.3 cm³/mol. The summed E-state index contributed by atoms with van der Waals surface area (Å²) < 4.78 is 4.90. The molecule has 1 unspecified atom stereocenters. The molecule has 0 rings (SSSR count). The number of rotatable bonds is 16. The molecule has 0 saturated heterocycles. The van der Waals surface area contributed by atoms with Crippen molar-refractivity contribution < 1.29 is 9.53 Å². The van der Waals surface area contributed by atoms with Crippen LogP contribution in [0.5, 0.6) is 0 Å². The van der Waals surface area contributed by atoms with Crippen LogP contribution in [0.1, 0.15) is 97.3 Å². The standard InChI is InChI=1S/C18H35N3O2/c1-3-5-6-7-8-9-10-11-14-17(20-21-19)15-12-13-16-18(22)23-4-2/h17H,3-16H2,1-2H3. The molecule has 0 spiro atoms. The van der Waals surface area contributed by atoms with Gasteiger partial charge in [0.25, 0.3) is 0 Å². The molecule has 0 fully saturated rings. The Morgan fingerprint density at radius 3 is 2.09 bits per heavy atom. The topological polar surface area (TPSA) is 75.1 Å². The van der Waals surface area contributed by atoms with E-state index < -0.39 is 0 Å². The second-order valence-corrected chi connectivity index (χ2v) is 6.17. The highest BCUT2D eigenvalue weighted by atomic mass is 16.5. The third kappa shape index (κ3) is 15.4. The van der Waals surface area contributed by atoms with Gasteiger partial charge < -0.3 is 4.74 Å². The largest absolute Gasteiger partial charge is 0.466 e. The van der Waals surface area contributed by atoms with Crippen molar-refractivity contribution in [2.24, 2.45) is 5.11 Å². The molecule has 0 bridgehead atoms. The summed E-state index contributed by atoms with van der Waals surface area (Å²) in [4.78, 5) is 14.2. The zero-order chi connectivity index (χ0) is 17.2. The summed E-state index contributed by atoms with van der Waals surface area (Å²) in [6.45, 7) is 4.50. The van der Waals surface area contributed by atoms with E-state index in [2.05, 4.69) is 16.9 Å². The molecule has 0 heterocycles. The summed E-state index contributed by atoms with van der Waals surface area (Å²) in [6.07, 6.45) is 14.4. The lowest BCUT2D eigenvalue weighted by atomic mass is 10.0. The fraction of sp³-hybridized carbons (Fsp3) is 0.944. The van der Waals surface area contributed by atoms with E-state index in [1.807, 2.05) is 6.92 Å². The summed E-state index contributed by atoms with van der Waals surface area (Å²) in [5.74, 6) is -0.129. The molecule has 5 heteroatoms. The van der Waals surface area contributed by atoms with Gasteiger partial charge in [-0.15, -0.1) is 0 Å². The van der Waals surface area contributed by atoms with Crippen molar-refractivity contribution in [3.8, 4) is 0 Å². The Morgan fingerprint density at radius 1 is 0.957 bits per heavy atom. The number of carbonyl (C=O) groups is 1. The van der Waals surface area contributed by atoms with Crippen molar-refractivity contribution in [1.82, 2.24) is 0 Å². The lowest BCUT2D eigenvalue weighted by Crippen LogP contribution is -2.06. The monoisotopic (exact) mass is 325 g/mol. The molecule has 5 nitrogen and oxygen atoms in total. The van der Waals surface area contributed by atoms with Crippen LogP contribution in [0.4, 0.5) is 0 Å². The van der Waals surface area contributed by atoms with Crippen LogP contribution < -0.4 is 0 Å². The number of carbonyl (C=O) groups excluding carboxylic acids is 1. The molecule has 0 aromatic heterocycles. The average Bonchev–Trinajstić information content (AvgIpc) is 2.54. The highest BCUT2D eigenvalue weighted by Gasteiger charge is 2.07. The van der Waals surface area contributed by atoms with Gasteiger partial charge in [0.2, 0.25) is 0 Å². The molecule has 0 aliphatic carbocycles. The van der Waals surface area contributed by atoms with E-state index in [4.69, 9.17) is 10.3 Å². The van der Waals surface area contributed by atoms with Crippen LogP contribution in [-0.4, -0.2) is 18.6 Å². The Bertz CT molecular complexity index is 328. The van der Waals surface area contributed by atoms with Crippen LogP contribution >= 0.6 is 0 Å². The van der Waals surface area contributed by atoms with E-state index in [1.165, 1.54) is 44.9 Å². The predicted octanol–water partition coefficient (Wildman–Crippen LogP) is 6.32. The number of ether oxygens (including phenoxy) is 1. The summed E-state index contributed by atoms with van der Waals surface area (Å²) in [5.41, 5.74) is 8.66.